The Morgan fingerprint density at radius 3 is 2.95 bits per heavy atom. The zero-order valence-corrected chi connectivity index (χ0v) is 12.6. The number of nitrogens with two attached hydrogens (primary N) is 1. The summed E-state index contributed by atoms with van der Waals surface area (Å²) >= 11 is 1.95. The number of rotatable bonds is 4. The van der Waals surface area contributed by atoms with Crippen LogP contribution in [0.15, 0.2) is 23.2 Å². The Kier molecular flexibility index (Phi) is 4.59. The van der Waals surface area contributed by atoms with Gasteiger partial charge in [-0.25, -0.2) is 4.99 Å². The lowest BCUT2D eigenvalue weighted by atomic mass is 10.3. The number of hydrogen-bond donors (Lipinski definition) is 1. The van der Waals surface area contributed by atoms with E-state index >= 15 is 0 Å². The maximum absolute atomic E-state index is 5.98. The largest absolute Gasteiger partial charge is 0.492 e. The van der Waals surface area contributed by atoms with E-state index in [1.165, 1.54) is 0 Å². The van der Waals surface area contributed by atoms with Gasteiger partial charge in [-0.3, -0.25) is 0 Å². The van der Waals surface area contributed by atoms with Crippen LogP contribution in [0.5, 0.6) is 17.2 Å². The van der Waals surface area contributed by atoms with E-state index in [-0.39, 0.29) is 6.79 Å². The first kappa shape index (κ1) is 14.2. The van der Waals surface area contributed by atoms with Crippen molar-refractivity contribution < 1.29 is 14.2 Å². The summed E-state index contributed by atoms with van der Waals surface area (Å²) in [4.78, 5) is 6.49. The lowest BCUT2D eigenvalue weighted by molar-refractivity contribution is 0.174. The molecule has 0 saturated carbocycles. The lowest BCUT2D eigenvalue weighted by Crippen LogP contribution is -2.42. The SMILES string of the molecule is NC(=NCCOc1ccc2c(c1)OCO2)N1CCSCC1. The summed E-state index contributed by atoms with van der Waals surface area (Å²) in [6, 6.07) is 5.54. The summed E-state index contributed by atoms with van der Waals surface area (Å²) in [5.74, 6) is 5.08. The Bertz CT molecular complexity index is 518. The van der Waals surface area contributed by atoms with Gasteiger partial charge in [-0.1, -0.05) is 0 Å². The molecule has 0 bridgehead atoms. The van der Waals surface area contributed by atoms with Crippen molar-refractivity contribution in [1.82, 2.24) is 4.90 Å². The molecule has 3 rings (SSSR count). The van der Waals surface area contributed by atoms with Gasteiger partial charge in [-0.15, -0.1) is 0 Å². The van der Waals surface area contributed by atoms with E-state index in [4.69, 9.17) is 19.9 Å². The summed E-state index contributed by atoms with van der Waals surface area (Å²) in [7, 11) is 0. The predicted molar refractivity (Wildman–Crippen MR) is 83.4 cm³/mol. The number of nitrogens with zero attached hydrogens (tertiary/aromatic N) is 2. The molecule has 2 aliphatic rings. The molecule has 2 aliphatic heterocycles. The van der Waals surface area contributed by atoms with Crippen LogP contribution in [-0.2, 0) is 0 Å². The highest BCUT2D eigenvalue weighted by Crippen LogP contribution is 2.34. The zero-order valence-electron chi connectivity index (χ0n) is 11.8. The molecular formula is C14H19N3O3S. The highest BCUT2D eigenvalue weighted by atomic mass is 32.2. The van der Waals surface area contributed by atoms with Crippen LogP contribution in [0.1, 0.15) is 0 Å². The van der Waals surface area contributed by atoms with E-state index in [1.54, 1.807) is 0 Å². The molecule has 0 aliphatic carbocycles. The van der Waals surface area contributed by atoms with Gasteiger partial charge < -0.3 is 24.8 Å². The van der Waals surface area contributed by atoms with Crippen LogP contribution in [0.2, 0.25) is 0 Å². The molecule has 2 N–H and O–H groups in total. The normalized spacial score (nSPS) is 17.9. The van der Waals surface area contributed by atoms with E-state index in [2.05, 4.69) is 9.89 Å². The maximum atomic E-state index is 5.98. The summed E-state index contributed by atoms with van der Waals surface area (Å²) in [6.45, 7) is 3.26. The second-order valence-electron chi connectivity index (χ2n) is 4.70. The van der Waals surface area contributed by atoms with Crippen molar-refractivity contribution in [2.24, 2.45) is 10.7 Å². The summed E-state index contributed by atoms with van der Waals surface area (Å²) < 4.78 is 16.2. The highest BCUT2D eigenvalue weighted by molar-refractivity contribution is 7.99. The standard InChI is InChI=1S/C14H19N3O3S/c15-14(17-4-7-21-8-5-17)16-3-6-18-11-1-2-12-13(9-11)20-10-19-12/h1-2,9H,3-8,10H2,(H2,15,16). The van der Waals surface area contributed by atoms with Gasteiger partial charge in [0.1, 0.15) is 12.4 Å². The minimum absolute atomic E-state index is 0.272. The fraction of sp³-hybridized carbons (Fsp3) is 0.500. The molecule has 7 heteroatoms. The van der Waals surface area contributed by atoms with Gasteiger partial charge in [0, 0.05) is 30.7 Å². The first-order valence-electron chi connectivity index (χ1n) is 6.98. The number of benzene rings is 1. The smallest absolute Gasteiger partial charge is 0.231 e. The fourth-order valence-corrected chi connectivity index (χ4v) is 3.09. The van der Waals surface area contributed by atoms with Crippen molar-refractivity contribution in [1.29, 1.82) is 0 Å². The highest BCUT2D eigenvalue weighted by Gasteiger charge is 2.14. The number of thioether (sulfide) groups is 1. The Labute approximate surface area is 128 Å². The second-order valence-corrected chi connectivity index (χ2v) is 5.93. The average Bonchev–Trinajstić information content (AvgIpc) is 3.00. The van der Waals surface area contributed by atoms with Gasteiger partial charge in [0.15, 0.2) is 17.5 Å². The van der Waals surface area contributed by atoms with Crippen molar-refractivity contribution in [3.05, 3.63) is 18.2 Å². The van der Waals surface area contributed by atoms with Gasteiger partial charge in [0.2, 0.25) is 6.79 Å². The number of hydrogen-bond acceptors (Lipinski definition) is 5. The zero-order chi connectivity index (χ0) is 14.5. The molecule has 0 unspecified atom stereocenters. The number of guanidine groups is 1. The van der Waals surface area contributed by atoms with Gasteiger partial charge in [0.25, 0.3) is 0 Å². The first-order valence-corrected chi connectivity index (χ1v) is 8.13. The molecular weight excluding hydrogens is 290 g/mol. The van der Waals surface area contributed by atoms with Gasteiger partial charge in [-0.2, -0.15) is 11.8 Å². The Morgan fingerprint density at radius 1 is 1.29 bits per heavy atom. The lowest BCUT2D eigenvalue weighted by Gasteiger charge is -2.27. The van der Waals surface area contributed by atoms with E-state index in [1.807, 2.05) is 30.0 Å². The quantitative estimate of drug-likeness (QED) is 0.511. The topological polar surface area (TPSA) is 69.3 Å². The van der Waals surface area contributed by atoms with E-state index in [0.717, 1.165) is 41.8 Å². The van der Waals surface area contributed by atoms with Gasteiger partial charge in [0.05, 0.1) is 6.54 Å². The maximum Gasteiger partial charge on any atom is 0.231 e. The molecule has 1 saturated heterocycles. The number of fused-ring (bicyclic) bond motifs is 1. The molecule has 21 heavy (non-hydrogen) atoms. The van der Waals surface area contributed by atoms with Crippen molar-refractivity contribution in [2.45, 2.75) is 0 Å². The fourth-order valence-electron chi connectivity index (χ4n) is 2.18. The van der Waals surface area contributed by atoms with Crippen molar-refractivity contribution in [2.75, 3.05) is 44.5 Å². The molecule has 114 valence electrons. The third-order valence-electron chi connectivity index (χ3n) is 3.31. The monoisotopic (exact) mass is 309 g/mol. The summed E-state index contributed by atoms with van der Waals surface area (Å²) in [5.41, 5.74) is 5.98. The van der Waals surface area contributed by atoms with E-state index < -0.39 is 0 Å². The van der Waals surface area contributed by atoms with Crippen LogP contribution in [0, 0.1) is 0 Å². The van der Waals surface area contributed by atoms with Crippen LogP contribution in [0.3, 0.4) is 0 Å². The predicted octanol–water partition coefficient (Wildman–Crippen LogP) is 1.16. The third kappa shape index (κ3) is 3.66. The van der Waals surface area contributed by atoms with Crippen LogP contribution < -0.4 is 19.9 Å². The summed E-state index contributed by atoms with van der Waals surface area (Å²) in [6.07, 6.45) is 0. The molecule has 0 aromatic heterocycles. The Balaban J connectivity index is 1.45. The van der Waals surface area contributed by atoms with Crippen LogP contribution in [0.4, 0.5) is 0 Å². The van der Waals surface area contributed by atoms with Crippen molar-refractivity contribution in [3.63, 3.8) is 0 Å². The summed E-state index contributed by atoms with van der Waals surface area (Å²) in [5, 5.41) is 0. The molecule has 6 nitrogen and oxygen atoms in total. The number of aliphatic imine (C=N–C) groups is 1. The van der Waals surface area contributed by atoms with E-state index in [0.29, 0.717) is 19.1 Å². The van der Waals surface area contributed by atoms with Gasteiger partial charge in [-0.05, 0) is 12.1 Å². The molecule has 1 aromatic carbocycles. The molecule has 0 radical (unpaired) electrons. The van der Waals surface area contributed by atoms with Crippen LogP contribution in [0.25, 0.3) is 0 Å². The number of ether oxygens (including phenoxy) is 3. The molecule has 1 fully saturated rings. The van der Waals surface area contributed by atoms with Crippen molar-refractivity contribution in [3.8, 4) is 17.2 Å². The minimum Gasteiger partial charge on any atom is -0.492 e. The second kappa shape index (κ2) is 6.80. The first-order chi connectivity index (χ1) is 10.3. The molecule has 0 amide bonds. The van der Waals surface area contributed by atoms with Crippen LogP contribution in [-0.4, -0.2) is 55.4 Å². The Morgan fingerprint density at radius 2 is 2.10 bits per heavy atom. The molecule has 0 atom stereocenters. The molecule has 0 spiro atoms. The average molecular weight is 309 g/mol. The third-order valence-corrected chi connectivity index (χ3v) is 4.26. The van der Waals surface area contributed by atoms with Gasteiger partial charge >= 0.3 is 0 Å². The van der Waals surface area contributed by atoms with Crippen molar-refractivity contribution >= 4 is 17.7 Å². The minimum atomic E-state index is 0.272. The molecule has 1 aromatic rings. The van der Waals surface area contributed by atoms with Crippen LogP contribution >= 0.6 is 11.8 Å². The Hall–Kier alpha value is -1.76. The van der Waals surface area contributed by atoms with E-state index in [9.17, 15) is 0 Å². The molecule has 2 heterocycles.